The molecule has 0 bridgehead atoms. The maximum absolute atomic E-state index is 12.4. The lowest BCUT2D eigenvalue weighted by Gasteiger charge is -2.25. The number of carbonyl (C=O) groups is 1. The third kappa shape index (κ3) is 4.77. The van der Waals surface area contributed by atoms with Crippen molar-refractivity contribution < 1.29 is 18.3 Å². The average Bonchev–Trinajstić information content (AvgIpc) is 2.70. The molecule has 0 saturated heterocycles. The highest BCUT2D eigenvalue weighted by atomic mass is 32.2. The summed E-state index contributed by atoms with van der Waals surface area (Å²) in [4.78, 5) is 13.0. The molecule has 1 aromatic rings. The van der Waals surface area contributed by atoms with E-state index in [-0.39, 0.29) is 21.0 Å². The molecule has 0 aliphatic rings. The minimum Gasteiger partial charge on any atom is -0.477 e. The molecule has 120 valence electrons. The van der Waals surface area contributed by atoms with Gasteiger partial charge in [-0.3, -0.25) is 0 Å². The largest absolute Gasteiger partial charge is 0.477 e. The highest BCUT2D eigenvalue weighted by molar-refractivity contribution is 7.91. The molecule has 0 spiro atoms. The van der Waals surface area contributed by atoms with Crippen molar-refractivity contribution in [1.82, 2.24) is 9.62 Å². The van der Waals surface area contributed by atoms with E-state index in [1.54, 1.807) is 6.92 Å². The van der Waals surface area contributed by atoms with E-state index in [2.05, 4.69) is 4.72 Å². The van der Waals surface area contributed by atoms with Gasteiger partial charge in [-0.15, -0.1) is 11.3 Å². The minimum atomic E-state index is -3.71. The number of aryl methyl sites for hydroxylation is 1. The van der Waals surface area contributed by atoms with Crippen molar-refractivity contribution >= 4 is 27.3 Å². The molecule has 0 fully saturated rings. The fourth-order valence-electron chi connectivity index (χ4n) is 1.83. The Morgan fingerprint density at radius 3 is 2.38 bits per heavy atom. The third-order valence-corrected chi connectivity index (χ3v) is 6.22. The van der Waals surface area contributed by atoms with Gasteiger partial charge >= 0.3 is 5.97 Å². The average molecular weight is 334 g/mol. The second kappa shape index (κ2) is 6.87. The fraction of sp³-hybridized carbons (Fsp3) is 0.615. The zero-order valence-corrected chi connectivity index (χ0v) is 14.5. The molecular weight excluding hydrogens is 312 g/mol. The number of nitrogens with zero attached hydrogens (tertiary/aromatic N) is 1. The number of hydrogen-bond acceptors (Lipinski definition) is 5. The molecular formula is C13H22N2O4S2. The van der Waals surface area contributed by atoms with E-state index in [4.69, 9.17) is 5.11 Å². The Kier molecular flexibility index (Phi) is 5.92. The Labute approximate surface area is 129 Å². The summed E-state index contributed by atoms with van der Waals surface area (Å²) < 4.78 is 27.5. The molecule has 0 aliphatic carbocycles. The Hall–Kier alpha value is -0.960. The van der Waals surface area contributed by atoms with Crippen LogP contribution in [0.15, 0.2) is 10.3 Å². The summed E-state index contributed by atoms with van der Waals surface area (Å²) in [6.07, 6.45) is 0. The van der Waals surface area contributed by atoms with Crippen LogP contribution in [0, 0.1) is 12.8 Å². The number of aromatic carboxylic acids is 1. The smallest absolute Gasteiger partial charge is 0.346 e. The molecule has 1 unspecified atom stereocenters. The van der Waals surface area contributed by atoms with E-state index in [0.717, 1.165) is 11.3 Å². The molecule has 1 aromatic heterocycles. The number of sulfonamides is 1. The molecule has 0 aliphatic heterocycles. The normalized spacial score (nSPS) is 13.9. The lowest BCUT2D eigenvalue weighted by atomic mass is 10.1. The van der Waals surface area contributed by atoms with E-state index >= 15 is 0 Å². The Balaban J connectivity index is 3.05. The zero-order valence-electron chi connectivity index (χ0n) is 12.9. The molecule has 2 N–H and O–H groups in total. The first-order valence-corrected chi connectivity index (χ1v) is 8.85. The monoisotopic (exact) mass is 334 g/mol. The van der Waals surface area contributed by atoms with Crippen LogP contribution in [-0.2, 0) is 10.0 Å². The van der Waals surface area contributed by atoms with Crippen LogP contribution in [0.4, 0.5) is 0 Å². The molecule has 1 heterocycles. The van der Waals surface area contributed by atoms with Gasteiger partial charge in [0.1, 0.15) is 9.09 Å². The van der Waals surface area contributed by atoms with Crippen LogP contribution in [-0.4, -0.2) is 51.1 Å². The summed E-state index contributed by atoms with van der Waals surface area (Å²) in [5.74, 6) is -0.977. The number of carboxylic acids is 1. The van der Waals surface area contributed by atoms with Crippen molar-refractivity contribution in [2.24, 2.45) is 5.92 Å². The van der Waals surface area contributed by atoms with Gasteiger partial charge in [0.05, 0.1) is 0 Å². The van der Waals surface area contributed by atoms with Gasteiger partial charge < -0.3 is 10.0 Å². The van der Waals surface area contributed by atoms with Gasteiger partial charge in [0.25, 0.3) is 0 Å². The summed E-state index contributed by atoms with van der Waals surface area (Å²) in [7, 11) is 0.0462. The Bertz CT molecular complexity index is 606. The standard InChI is InChI=1S/C13H22N2O4S2/c1-8(2)10(7-15(4)5)14-21(18,19)11-6-9(3)12(20-11)13(16)17/h6,8,10,14H,7H2,1-5H3,(H,16,17). The zero-order chi connectivity index (χ0) is 16.4. The van der Waals surface area contributed by atoms with Crippen LogP contribution in [0.3, 0.4) is 0 Å². The number of thiophene rings is 1. The number of likely N-dealkylation sites (N-methyl/N-ethyl adjacent to an activating group) is 1. The Morgan fingerprint density at radius 2 is 2.00 bits per heavy atom. The first-order chi connectivity index (χ1) is 9.54. The van der Waals surface area contributed by atoms with E-state index < -0.39 is 16.0 Å². The summed E-state index contributed by atoms with van der Waals surface area (Å²) >= 11 is 0.784. The van der Waals surface area contributed by atoms with Crippen molar-refractivity contribution in [3.8, 4) is 0 Å². The first-order valence-electron chi connectivity index (χ1n) is 6.55. The Morgan fingerprint density at radius 1 is 1.43 bits per heavy atom. The van der Waals surface area contributed by atoms with Gasteiger partial charge in [0, 0.05) is 12.6 Å². The molecule has 0 amide bonds. The maximum atomic E-state index is 12.4. The SMILES string of the molecule is Cc1cc(S(=O)(=O)NC(CN(C)C)C(C)C)sc1C(=O)O. The molecule has 1 atom stereocenters. The lowest BCUT2D eigenvalue weighted by molar-refractivity contribution is 0.0701. The molecule has 8 heteroatoms. The first kappa shape index (κ1) is 18.1. The van der Waals surface area contributed by atoms with E-state index in [1.165, 1.54) is 6.07 Å². The van der Waals surface area contributed by atoms with E-state index in [9.17, 15) is 13.2 Å². The fourth-order valence-corrected chi connectivity index (χ4v) is 4.60. The van der Waals surface area contributed by atoms with Crippen molar-refractivity contribution in [3.05, 3.63) is 16.5 Å². The van der Waals surface area contributed by atoms with Crippen molar-refractivity contribution in [1.29, 1.82) is 0 Å². The topological polar surface area (TPSA) is 86.7 Å². The van der Waals surface area contributed by atoms with Crippen LogP contribution in [0.25, 0.3) is 0 Å². The number of rotatable bonds is 7. The van der Waals surface area contributed by atoms with Gasteiger partial charge in [-0.05, 0) is 38.6 Å². The predicted molar refractivity (Wildman–Crippen MR) is 83.5 cm³/mol. The quantitative estimate of drug-likeness (QED) is 0.791. The predicted octanol–water partition coefficient (Wildman–Crippen LogP) is 1.62. The van der Waals surface area contributed by atoms with Crippen LogP contribution in [0.5, 0.6) is 0 Å². The summed E-state index contributed by atoms with van der Waals surface area (Å²) in [6, 6.07) is 1.17. The van der Waals surface area contributed by atoms with Gasteiger partial charge in [-0.25, -0.2) is 17.9 Å². The molecule has 0 aromatic carbocycles. The van der Waals surface area contributed by atoms with Gasteiger partial charge in [-0.2, -0.15) is 0 Å². The second-order valence-corrected chi connectivity index (χ2v) is 8.61. The van der Waals surface area contributed by atoms with E-state index in [0.29, 0.717) is 12.1 Å². The van der Waals surface area contributed by atoms with Gasteiger partial charge in [0.2, 0.25) is 10.0 Å². The summed E-state index contributed by atoms with van der Waals surface area (Å²) in [5, 5.41) is 9.02. The highest BCUT2D eigenvalue weighted by Crippen LogP contribution is 2.26. The van der Waals surface area contributed by atoms with Crippen LogP contribution in [0.1, 0.15) is 29.1 Å². The number of hydrogen-bond donors (Lipinski definition) is 2. The lowest BCUT2D eigenvalue weighted by Crippen LogP contribution is -2.44. The van der Waals surface area contributed by atoms with Crippen LogP contribution < -0.4 is 4.72 Å². The molecule has 21 heavy (non-hydrogen) atoms. The van der Waals surface area contributed by atoms with Crippen molar-refractivity contribution in [2.75, 3.05) is 20.6 Å². The van der Waals surface area contributed by atoms with Crippen molar-refractivity contribution in [2.45, 2.75) is 31.0 Å². The molecule has 0 radical (unpaired) electrons. The van der Waals surface area contributed by atoms with Crippen LogP contribution in [0.2, 0.25) is 0 Å². The molecule has 0 saturated carbocycles. The third-order valence-electron chi connectivity index (χ3n) is 3.03. The maximum Gasteiger partial charge on any atom is 0.346 e. The number of carboxylic acid groups (broad SMARTS) is 1. The highest BCUT2D eigenvalue weighted by Gasteiger charge is 2.26. The summed E-state index contributed by atoms with van der Waals surface area (Å²) in [6.45, 7) is 6.06. The summed E-state index contributed by atoms with van der Waals surface area (Å²) in [5.41, 5.74) is 0.460. The second-order valence-electron chi connectivity index (χ2n) is 5.62. The van der Waals surface area contributed by atoms with Crippen molar-refractivity contribution in [3.63, 3.8) is 0 Å². The molecule has 1 rings (SSSR count). The number of nitrogens with one attached hydrogen (secondary N) is 1. The van der Waals surface area contributed by atoms with Crippen LogP contribution >= 0.6 is 11.3 Å². The minimum absolute atomic E-state index is 0.0433. The van der Waals surface area contributed by atoms with Gasteiger partial charge in [0.15, 0.2) is 0 Å². The van der Waals surface area contributed by atoms with E-state index in [1.807, 2.05) is 32.8 Å². The van der Waals surface area contributed by atoms with Gasteiger partial charge in [-0.1, -0.05) is 13.8 Å². The molecule has 6 nitrogen and oxygen atoms in total.